The second kappa shape index (κ2) is 3.44. The van der Waals surface area contributed by atoms with Crippen molar-refractivity contribution in [2.24, 2.45) is 4.66 Å². The van der Waals surface area contributed by atoms with E-state index in [-0.39, 0.29) is 11.3 Å². The Labute approximate surface area is 78.1 Å². The highest BCUT2D eigenvalue weighted by Gasteiger charge is 2.36. The summed E-state index contributed by atoms with van der Waals surface area (Å²) in [5.41, 5.74) is 0. The van der Waals surface area contributed by atoms with Gasteiger partial charge in [-0.2, -0.15) is 13.2 Å². The van der Waals surface area contributed by atoms with E-state index in [2.05, 4.69) is 4.66 Å². The molecule has 0 N–H and O–H groups in total. The van der Waals surface area contributed by atoms with Crippen LogP contribution in [0.25, 0.3) is 0 Å². The minimum absolute atomic E-state index is 0.129. The van der Waals surface area contributed by atoms with E-state index in [4.69, 9.17) is 0 Å². The minimum atomic E-state index is -4.28. The van der Waals surface area contributed by atoms with E-state index in [0.29, 0.717) is 0 Å². The van der Waals surface area contributed by atoms with Crippen molar-refractivity contribution >= 4 is 14.5 Å². The topological polar surface area (TPSA) is 12.4 Å². The highest BCUT2D eigenvalue weighted by Crippen LogP contribution is 2.36. The number of hydrogen-bond donors (Lipinski definition) is 0. The van der Waals surface area contributed by atoms with Crippen molar-refractivity contribution in [2.75, 3.05) is 0 Å². The molecule has 0 aromatic heterocycles. The maximum absolute atomic E-state index is 11.8. The van der Waals surface area contributed by atoms with Crippen LogP contribution in [0.2, 0.25) is 18.1 Å². The van der Waals surface area contributed by atoms with Crippen LogP contribution in [0.5, 0.6) is 0 Å². The lowest BCUT2D eigenvalue weighted by atomic mass is 10.2. The van der Waals surface area contributed by atoms with Crippen molar-refractivity contribution < 1.29 is 13.2 Å². The van der Waals surface area contributed by atoms with Crippen molar-refractivity contribution in [3.63, 3.8) is 0 Å². The lowest BCUT2D eigenvalue weighted by Crippen LogP contribution is -2.36. The van der Waals surface area contributed by atoms with E-state index < -0.39 is 14.4 Å². The maximum atomic E-state index is 11.8. The lowest BCUT2D eigenvalue weighted by molar-refractivity contribution is -0.0534. The quantitative estimate of drug-likeness (QED) is 0.464. The van der Waals surface area contributed by atoms with Crippen LogP contribution >= 0.6 is 0 Å². The zero-order valence-corrected chi connectivity index (χ0v) is 9.66. The minimum Gasteiger partial charge on any atom is -0.324 e. The number of alkyl halides is 3. The van der Waals surface area contributed by atoms with Gasteiger partial charge in [0.25, 0.3) is 0 Å². The Hall–Kier alpha value is -0.323. The Morgan fingerprint density at radius 1 is 1.08 bits per heavy atom. The SMILES string of the molecule is CC(C)(C)[Si](C)(C)/N=C/C(F)(F)F. The summed E-state index contributed by atoms with van der Waals surface area (Å²) in [6.07, 6.45) is -4.15. The van der Waals surface area contributed by atoms with Gasteiger partial charge in [0.15, 0.2) is 8.24 Å². The molecule has 0 aromatic rings. The van der Waals surface area contributed by atoms with Crippen LogP contribution in [-0.4, -0.2) is 20.6 Å². The average Bonchev–Trinajstić information content (AvgIpc) is 1.79. The Bertz CT molecular complexity index is 200. The molecule has 0 unspecified atom stereocenters. The molecule has 0 saturated heterocycles. The van der Waals surface area contributed by atoms with E-state index in [1.54, 1.807) is 0 Å². The van der Waals surface area contributed by atoms with E-state index in [0.717, 1.165) is 0 Å². The fourth-order valence-corrected chi connectivity index (χ4v) is 1.28. The Kier molecular flexibility index (Phi) is 3.35. The average molecular weight is 211 g/mol. The van der Waals surface area contributed by atoms with Gasteiger partial charge in [0.1, 0.15) is 0 Å². The van der Waals surface area contributed by atoms with Crippen molar-refractivity contribution in [1.29, 1.82) is 0 Å². The molecule has 0 saturated carbocycles. The fourth-order valence-electron chi connectivity index (χ4n) is 0.428. The van der Waals surface area contributed by atoms with Gasteiger partial charge in [0.2, 0.25) is 0 Å². The number of rotatable bonds is 1. The Balaban J connectivity index is 4.62. The lowest BCUT2D eigenvalue weighted by Gasteiger charge is -2.32. The first-order chi connectivity index (χ1) is 5.46. The van der Waals surface area contributed by atoms with Gasteiger partial charge in [-0.25, -0.2) is 0 Å². The molecule has 0 heterocycles. The maximum Gasteiger partial charge on any atom is 0.425 e. The summed E-state index contributed by atoms with van der Waals surface area (Å²) >= 11 is 0. The zero-order chi connectivity index (χ0) is 10.9. The van der Waals surface area contributed by atoms with Crippen LogP contribution in [0.15, 0.2) is 4.66 Å². The molecule has 0 atom stereocenters. The number of hydrogen-bond acceptors (Lipinski definition) is 1. The van der Waals surface area contributed by atoms with Crippen LogP contribution < -0.4 is 0 Å². The first-order valence-electron chi connectivity index (χ1n) is 4.09. The molecule has 0 fully saturated rings. The van der Waals surface area contributed by atoms with E-state index in [1.165, 1.54) is 0 Å². The van der Waals surface area contributed by atoms with Crippen molar-refractivity contribution in [3.8, 4) is 0 Å². The third kappa shape index (κ3) is 4.45. The highest BCUT2D eigenvalue weighted by molar-refractivity contribution is 6.79. The van der Waals surface area contributed by atoms with Crippen LogP contribution in [0.3, 0.4) is 0 Å². The molecule has 0 rings (SSSR count). The molecule has 0 spiro atoms. The van der Waals surface area contributed by atoms with Gasteiger partial charge in [-0.3, -0.25) is 0 Å². The number of halogens is 3. The summed E-state index contributed by atoms with van der Waals surface area (Å²) < 4.78 is 39.2. The predicted octanol–water partition coefficient (Wildman–Crippen LogP) is 3.62. The van der Waals surface area contributed by atoms with Crippen LogP contribution in [0, 0.1) is 0 Å². The second-order valence-electron chi connectivity index (χ2n) is 4.61. The molecule has 0 bridgehead atoms. The molecule has 5 heteroatoms. The molecule has 0 aliphatic rings. The van der Waals surface area contributed by atoms with E-state index >= 15 is 0 Å². The monoisotopic (exact) mass is 211 g/mol. The van der Waals surface area contributed by atoms with Crippen LogP contribution in [0.4, 0.5) is 13.2 Å². The van der Waals surface area contributed by atoms with Crippen LogP contribution in [0.1, 0.15) is 20.8 Å². The standard InChI is InChI=1S/C8H16F3NSi/c1-7(2,3)13(4,5)12-6-8(9,10)11/h6H,1-5H3/b12-6+. The summed E-state index contributed by atoms with van der Waals surface area (Å²) in [7, 11) is -2.17. The summed E-state index contributed by atoms with van der Waals surface area (Å²) in [5.74, 6) is 0. The van der Waals surface area contributed by atoms with E-state index in [9.17, 15) is 13.2 Å². The molecule has 0 radical (unpaired) electrons. The fraction of sp³-hybridized carbons (Fsp3) is 0.875. The molecule has 0 aliphatic heterocycles. The van der Waals surface area contributed by atoms with Gasteiger partial charge in [-0.1, -0.05) is 20.8 Å². The zero-order valence-electron chi connectivity index (χ0n) is 8.66. The smallest absolute Gasteiger partial charge is 0.324 e. The summed E-state index contributed by atoms with van der Waals surface area (Å²) in [5, 5.41) is -0.144. The largest absolute Gasteiger partial charge is 0.425 e. The van der Waals surface area contributed by atoms with Crippen molar-refractivity contribution in [2.45, 2.75) is 45.1 Å². The molecule has 0 amide bonds. The van der Waals surface area contributed by atoms with Gasteiger partial charge in [0.05, 0.1) is 6.21 Å². The van der Waals surface area contributed by atoms with E-state index in [1.807, 2.05) is 33.9 Å². The van der Waals surface area contributed by atoms with Gasteiger partial charge >= 0.3 is 6.18 Å². The predicted molar refractivity (Wildman–Crippen MR) is 51.7 cm³/mol. The Morgan fingerprint density at radius 2 is 1.46 bits per heavy atom. The van der Waals surface area contributed by atoms with Gasteiger partial charge < -0.3 is 4.66 Å². The first-order valence-corrected chi connectivity index (χ1v) is 7.03. The molecule has 13 heavy (non-hydrogen) atoms. The Morgan fingerprint density at radius 3 is 1.69 bits per heavy atom. The summed E-state index contributed by atoms with van der Waals surface area (Å²) in [6.45, 7) is 9.43. The van der Waals surface area contributed by atoms with Crippen molar-refractivity contribution in [3.05, 3.63) is 0 Å². The normalized spacial score (nSPS) is 15.4. The molecule has 0 aliphatic carbocycles. The molecular weight excluding hydrogens is 195 g/mol. The molecule has 78 valence electrons. The highest BCUT2D eigenvalue weighted by atomic mass is 28.3. The molecule has 0 aromatic carbocycles. The molecule has 1 nitrogen and oxygen atoms in total. The third-order valence-electron chi connectivity index (χ3n) is 2.37. The number of nitrogens with zero attached hydrogens (tertiary/aromatic N) is 1. The second-order valence-corrected chi connectivity index (χ2v) is 9.49. The first kappa shape index (κ1) is 12.7. The third-order valence-corrected chi connectivity index (χ3v) is 6.81. The summed E-state index contributed by atoms with van der Waals surface area (Å²) in [4.78, 5) is 0. The van der Waals surface area contributed by atoms with Gasteiger partial charge in [-0.05, 0) is 18.1 Å². The van der Waals surface area contributed by atoms with Gasteiger partial charge in [0, 0.05) is 0 Å². The van der Waals surface area contributed by atoms with Crippen molar-refractivity contribution in [1.82, 2.24) is 0 Å². The molecular formula is C8H16F3NSi. The van der Waals surface area contributed by atoms with Gasteiger partial charge in [-0.15, -0.1) is 0 Å². The van der Waals surface area contributed by atoms with Crippen LogP contribution in [-0.2, 0) is 0 Å². The summed E-state index contributed by atoms with van der Waals surface area (Å²) in [6, 6.07) is 0.